The lowest BCUT2D eigenvalue weighted by atomic mass is 9.94. The van der Waals surface area contributed by atoms with E-state index in [1.807, 2.05) is 12.1 Å². The standard InChI is InChI=1S/C24H27N3O4S/c1-16-12-17(2)14-27(13-16)32(29,30)22-10-6-20(7-11-22)24(28)26-21-8-4-19(5-9-21)23-15-31-18(3)25-23/h4-11,15-17H,12-14H2,1-3H3,(H,26,28)/t16-,17-/m1/s1. The second-order valence-corrected chi connectivity index (χ2v) is 10.5. The number of carbonyl (C=O) groups is 1. The van der Waals surface area contributed by atoms with Crippen molar-refractivity contribution in [2.75, 3.05) is 18.4 Å². The minimum atomic E-state index is -3.57. The van der Waals surface area contributed by atoms with Gasteiger partial charge in [0.15, 0.2) is 5.89 Å². The van der Waals surface area contributed by atoms with Crippen LogP contribution in [0.5, 0.6) is 0 Å². The highest BCUT2D eigenvalue weighted by atomic mass is 32.2. The Labute approximate surface area is 188 Å². The average molecular weight is 454 g/mol. The molecule has 7 nitrogen and oxygen atoms in total. The summed E-state index contributed by atoms with van der Waals surface area (Å²) >= 11 is 0. The third kappa shape index (κ3) is 4.76. The maximum Gasteiger partial charge on any atom is 0.255 e. The number of aromatic nitrogens is 1. The van der Waals surface area contributed by atoms with Gasteiger partial charge in [-0.1, -0.05) is 26.0 Å². The molecule has 0 radical (unpaired) electrons. The number of anilines is 1. The lowest BCUT2D eigenvalue weighted by molar-refractivity contribution is 0.102. The lowest BCUT2D eigenvalue weighted by Gasteiger charge is -2.34. The summed E-state index contributed by atoms with van der Waals surface area (Å²) in [5, 5.41) is 2.83. The number of aryl methyl sites for hydroxylation is 1. The van der Waals surface area contributed by atoms with Crippen molar-refractivity contribution in [3.05, 3.63) is 66.2 Å². The number of carbonyl (C=O) groups excluding carboxylic acids is 1. The normalized spacial score (nSPS) is 19.6. The molecule has 0 spiro atoms. The molecule has 2 heterocycles. The molecule has 1 aromatic heterocycles. The Morgan fingerprint density at radius 3 is 2.22 bits per heavy atom. The summed E-state index contributed by atoms with van der Waals surface area (Å²) in [7, 11) is -3.57. The molecule has 1 fully saturated rings. The van der Waals surface area contributed by atoms with Crippen molar-refractivity contribution in [2.45, 2.75) is 32.1 Å². The molecule has 2 aromatic carbocycles. The first-order valence-electron chi connectivity index (χ1n) is 10.7. The fraction of sp³-hybridized carbons (Fsp3) is 0.333. The van der Waals surface area contributed by atoms with Gasteiger partial charge < -0.3 is 9.73 Å². The number of amides is 1. The molecule has 8 heteroatoms. The van der Waals surface area contributed by atoms with Crippen molar-refractivity contribution in [1.82, 2.24) is 9.29 Å². The van der Waals surface area contributed by atoms with Crippen LogP contribution >= 0.6 is 0 Å². The number of nitrogens with one attached hydrogen (secondary N) is 1. The molecule has 1 saturated heterocycles. The molecule has 4 rings (SSSR count). The van der Waals surface area contributed by atoms with E-state index in [2.05, 4.69) is 24.1 Å². The van der Waals surface area contributed by atoms with Crippen LogP contribution in [0.3, 0.4) is 0 Å². The summed E-state index contributed by atoms with van der Waals surface area (Å²) < 4.78 is 32.8. The summed E-state index contributed by atoms with van der Waals surface area (Å²) in [5.74, 6) is 0.947. The number of rotatable bonds is 5. The third-order valence-electron chi connectivity index (χ3n) is 5.65. The van der Waals surface area contributed by atoms with Crippen LogP contribution in [0.2, 0.25) is 0 Å². The van der Waals surface area contributed by atoms with Gasteiger partial charge in [-0.25, -0.2) is 13.4 Å². The predicted octanol–water partition coefficient (Wildman–Crippen LogP) is 4.57. The van der Waals surface area contributed by atoms with Crippen LogP contribution in [0.25, 0.3) is 11.3 Å². The Balaban J connectivity index is 1.44. The first-order chi connectivity index (χ1) is 15.2. The van der Waals surface area contributed by atoms with E-state index >= 15 is 0 Å². The van der Waals surface area contributed by atoms with Crippen molar-refractivity contribution in [3.8, 4) is 11.3 Å². The zero-order valence-electron chi connectivity index (χ0n) is 18.4. The van der Waals surface area contributed by atoms with Gasteiger partial charge in [-0.3, -0.25) is 4.79 Å². The smallest absolute Gasteiger partial charge is 0.255 e. The van der Waals surface area contributed by atoms with Gasteiger partial charge in [0.25, 0.3) is 5.91 Å². The van der Waals surface area contributed by atoms with Gasteiger partial charge in [-0.15, -0.1) is 0 Å². The summed E-state index contributed by atoms with van der Waals surface area (Å²) in [6.45, 7) is 6.98. The van der Waals surface area contributed by atoms with E-state index in [-0.39, 0.29) is 10.8 Å². The fourth-order valence-electron chi connectivity index (χ4n) is 4.15. The Bertz CT molecular complexity index is 1190. The molecule has 0 bridgehead atoms. The summed E-state index contributed by atoms with van der Waals surface area (Å²) in [6, 6.07) is 13.4. The topological polar surface area (TPSA) is 92.5 Å². The monoisotopic (exact) mass is 453 g/mol. The van der Waals surface area contributed by atoms with Crippen molar-refractivity contribution in [1.29, 1.82) is 0 Å². The number of hydrogen-bond donors (Lipinski definition) is 1. The molecule has 1 aliphatic heterocycles. The molecule has 0 unspecified atom stereocenters. The highest BCUT2D eigenvalue weighted by molar-refractivity contribution is 7.89. The van der Waals surface area contributed by atoms with Crippen LogP contribution in [0.15, 0.2) is 64.1 Å². The zero-order valence-corrected chi connectivity index (χ0v) is 19.2. The molecule has 0 saturated carbocycles. The van der Waals surface area contributed by atoms with Crippen molar-refractivity contribution in [3.63, 3.8) is 0 Å². The van der Waals surface area contributed by atoms with E-state index in [4.69, 9.17) is 4.42 Å². The number of piperidine rings is 1. The van der Waals surface area contributed by atoms with Crippen molar-refractivity contribution < 1.29 is 17.6 Å². The highest BCUT2D eigenvalue weighted by Crippen LogP contribution is 2.27. The van der Waals surface area contributed by atoms with Gasteiger partial charge in [-0.2, -0.15) is 4.31 Å². The van der Waals surface area contributed by atoms with Gasteiger partial charge in [-0.05, 0) is 54.7 Å². The molecular weight excluding hydrogens is 426 g/mol. The molecule has 32 heavy (non-hydrogen) atoms. The molecule has 1 aliphatic rings. The van der Waals surface area contributed by atoms with E-state index in [0.29, 0.717) is 42.1 Å². The highest BCUT2D eigenvalue weighted by Gasteiger charge is 2.31. The lowest BCUT2D eigenvalue weighted by Crippen LogP contribution is -2.42. The SMILES string of the molecule is Cc1nc(-c2ccc(NC(=O)c3ccc(S(=O)(=O)N4C[C@H](C)C[C@@H](C)C4)cc3)cc2)co1. The van der Waals surface area contributed by atoms with E-state index in [1.54, 1.807) is 41.8 Å². The van der Waals surface area contributed by atoms with E-state index < -0.39 is 10.0 Å². The zero-order chi connectivity index (χ0) is 22.9. The minimum Gasteiger partial charge on any atom is -0.449 e. The molecule has 168 valence electrons. The fourth-order valence-corrected chi connectivity index (χ4v) is 5.83. The van der Waals surface area contributed by atoms with Crippen molar-refractivity contribution >= 4 is 21.6 Å². The van der Waals surface area contributed by atoms with Gasteiger partial charge in [0.2, 0.25) is 10.0 Å². The molecular formula is C24H27N3O4S. The number of oxazole rings is 1. The average Bonchev–Trinajstić information content (AvgIpc) is 3.20. The number of hydrogen-bond acceptors (Lipinski definition) is 5. The minimum absolute atomic E-state index is 0.211. The third-order valence-corrected chi connectivity index (χ3v) is 7.49. The van der Waals surface area contributed by atoms with Crippen molar-refractivity contribution in [2.24, 2.45) is 11.8 Å². The molecule has 3 aromatic rings. The Morgan fingerprint density at radius 1 is 1.03 bits per heavy atom. The number of benzene rings is 2. The van der Waals surface area contributed by atoms with E-state index in [9.17, 15) is 13.2 Å². The number of sulfonamides is 1. The Hall–Kier alpha value is -2.97. The Morgan fingerprint density at radius 2 is 1.66 bits per heavy atom. The molecule has 1 N–H and O–H groups in total. The number of nitrogens with zero attached hydrogens (tertiary/aromatic N) is 2. The summed E-state index contributed by atoms with van der Waals surface area (Å²) in [6.07, 6.45) is 2.62. The largest absolute Gasteiger partial charge is 0.449 e. The van der Waals surface area contributed by atoms with Gasteiger partial charge in [0.1, 0.15) is 12.0 Å². The second kappa shape index (κ2) is 8.88. The van der Waals surface area contributed by atoms with Crippen LogP contribution in [0, 0.1) is 18.8 Å². The molecule has 0 aliphatic carbocycles. The van der Waals surface area contributed by atoms with E-state index in [0.717, 1.165) is 17.7 Å². The molecule has 2 atom stereocenters. The van der Waals surface area contributed by atoms with Crippen LogP contribution in [-0.4, -0.2) is 36.7 Å². The molecule has 1 amide bonds. The van der Waals surface area contributed by atoms with Crippen LogP contribution in [-0.2, 0) is 10.0 Å². The predicted molar refractivity (Wildman–Crippen MR) is 123 cm³/mol. The summed E-state index contributed by atoms with van der Waals surface area (Å²) in [5.41, 5.74) is 2.64. The maximum absolute atomic E-state index is 13.0. The first-order valence-corrected chi connectivity index (χ1v) is 12.1. The second-order valence-electron chi connectivity index (χ2n) is 8.58. The van der Waals surface area contributed by atoms with Gasteiger partial charge in [0.05, 0.1) is 4.90 Å². The van der Waals surface area contributed by atoms with Crippen LogP contribution in [0.4, 0.5) is 5.69 Å². The first kappa shape index (κ1) is 22.2. The van der Waals surface area contributed by atoms with Gasteiger partial charge >= 0.3 is 0 Å². The Kier molecular flexibility index (Phi) is 6.17. The maximum atomic E-state index is 13.0. The quantitative estimate of drug-likeness (QED) is 0.611. The van der Waals surface area contributed by atoms with Crippen LogP contribution in [0.1, 0.15) is 36.5 Å². The summed E-state index contributed by atoms with van der Waals surface area (Å²) in [4.78, 5) is 17.1. The van der Waals surface area contributed by atoms with Crippen LogP contribution < -0.4 is 5.32 Å². The van der Waals surface area contributed by atoms with E-state index in [1.165, 1.54) is 12.1 Å². The van der Waals surface area contributed by atoms with Gasteiger partial charge in [0, 0.05) is 36.8 Å².